The average molecular weight is 207 g/mol. The van der Waals surface area contributed by atoms with Crippen LogP contribution in [0.5, 0.6) is 5.75 Å². The summed E-state index contributed by atoms with van der Waals surface area (Å²) in [6, 6.07) is 6.07. The van der Waals surface area contributed by atoms with E-state index in [1.165, 1.54) is 5.56 Å². The minimum absolute atomic E-state index is 0.0348. The molecule has 0 fully saturated rings. The molecule has 1 unspecified atom stereocenters. The van der Waals surface area contributed by atoms with Crippen LogP contribution in [-0.4, -0.2) is 7.11 Å². The predicted molar refractivity (Wildman–Crippen MR) is 64.1 cm³/mol. The Kier molecular flexibility index (Phi) is 3.40. The highest BCUT2D eigenvalue weighted by molar-refractivity contribution is 5.41. The molecule has 2 nitrogen and oxygen atoms in total. The van der Waals surface area contributed by atoms with E-state index >= 15 is 0 Å². The van der Waals surface area contributed by atoms with Crippen molar-refractivity contribution in [1.82, 2.24) is 0 Å². The van der Waals surface area contributed by atoms with Gasteiger partial charge in [0.25, 0.3) is 0 Å². The van der Waals surface area contributed by atoms with E-state index in [0.29, 0.717) is 0 Å². The lowest BCUT2D eigenvalue weighted by molar-refractivity contribution is 0.324. The normalized spacial score (nSPS) is 13.7. The largest absolute Gasteiger partial charge is 0.496 e. The van der Waals surface area contributed by atoms with Gasteiger partial charge in [0.05, 0.1) is 7.11 Å². The van der Waals surface area contributed by atoms with Crippen LogP contribution in [0.3, 0.4) is 0 Å². The summed E-state index contributed by atoms with van der Waals surface area (Å²) >= 11 is 0. The molecule has 0 aliphatic heterocycles. The van der Waals surface area contributed by atoms with Crippen LogP contribution in [0.1, 0.15) is 37.9 Å². The van der Waals surface area contributed by atoms with Crippen LogP contribution in [0, 0.1) is 12.3 Å². The van der Waals surface area contributed by atoms with Crippen LogP contribution in [0.15, 0.2) is 18.2 Å². The quantitative estimate of drug-likeness (QED) is 0.809. The predicted octanol–water partition coefficient (Wildman–Crippen LogP) is 3.05. The van der Waals surface area contributed by atoms with E-state index in [0.717, 1.165) is 11.3 Å². The first kappa shape index (κ1) is 12.1. The number of nitrogens with two attached hydrogens (primary N) is 1. The van der Waals surface area contributed by atoms with Gasteiger partial charge in [-0.1, -0.05) is 32.9 Å². The molecule has 0 aliphatic rings. The molecule has 0 amide bonds. The number of methoxy groups -OCH3 is 1. The van der Waals surface area contributed by atoms with Crippen LogP contribution in [0.25, 0.3) is 0 Å². The fraction of sp³-hybridized carbons (Fsp3) is 0.538. The zero-order valence-corrected chi connectivity index (χ0v) is 10.3. The third-order valence-corrected chi connectivity index (χ3v) is 2.81. The first-order valence-electron chi connectivity index (χ1n) is 5.27. The number of rotatable bonds is 2. The van der Waals surface area contributed by atoms with Crippen LogP contribution < -0.4 is 10.5 Å². The molecule has 15 heavy (non-hydrogen) atoms. The van der Waals surface area contributed by atoms with Crippen molar-refractivity contribution in [3.63, 3.8) is 0 Å². The van der Waals surface area contributed by atoms with E-state index in [1.807, 2.05) is 12.1 Å². The summed E-state index contributed by atoms with van der Waals surface area (Å²) in [5, 5.41) is 0. The Morgan fingerprint density at radius 3 is 2.33 bits per heavy atom. The molecule has 1 aromatic carbocycles. The fourth-order valence-electron chi connectivity index (χ4n) is 1.66. The molecule has 1 aromatic rings. The third-order valence-electron chi connectivity index (χ3n) is 2.81. The van der Waals surface area contributed by atoms with Gasteiger partial charge in [0.2, 0.25) is 0 Å². The Morgan fingerprint density at radius 2 is 1.87 bits per heavy atom. The molecular weight excluding hydrogens is 186 g/mol. The van der Waals surface area contributed by atoms with Crippen LogP contribution in [-0.2, 0) is 0 Å². The van der Waals surface area contributed by atoms with Crippen LogP contribution in [0.2, 0.25) is 0 Å². The molecular formula is C13H21NO. The van der Waals surface area contributed by atoms with E-state index in [2.05, 4.69) is 33.8 Å². The Bertz CT molecular complexity index is 339. The maximum Gasteiger partial charge on any atom is 0.122 e. The summed E-state index contributed by atoms with van der Waals surface area (Å²) in [5.41, 5.74) is 8.62. The van der Waals surface area contributed by atoms with Gasteiger partial charge in [-0.05, 0) is 29.5 Å². The van der Waals surface area contributed by atoms with Crippen LogP contribution >= 0.6 is 0 Å². The van der Waals surface area contributed by atoms with Gasteiger partial charge in [0.1, 0.15) is 5.75 Å². The summed E-state index contributed by atoms with van der Waals surface area (Å²) in [6.45, 7) is 8.50. The van der Waals surface area contributed by atoms with E-state index in [9.17, 15) is 0 Å². The standard InChI is InChI=1S/C13H21NO/c1-9-10(12(14)13(2,3)4)7-6-8-11(9)15-5/h6-8,12H,14H2,1-5H3. The molecule has 0 spiro atoms. The SMILES string of the molecule is COc1cccc(C(N)C(C)(C)C)c1C. The topological polar surface area (TPSA) is 35.2 Å². The van der Waals surface area contributed by atoms with Crippen molar-refractivity contribution in [2.24, 2.45) is 11.1 Å². The molecule has 0 saturated carbocycles. The van der Waals surface area contributed by atoms with Crippen molar-refractivity contribution in [3.05, 3.63) is 29.3 Å². The Balaban J connectivity index is 3.15. The summed E-state index contributed by atoms with van der Waals surface area (Å²) < 4.78 is 5.29. The van der Waals surface area contributed by atoms with Crippen LogP contribution in [0.4, 0.5) is 0 Å². The van der Waals surface area contributed by atoms with Gasteiger partial charge in [-0.25, -0.2) is 0 Å². The van der Waals surface area contributed by atoms with Gasteiger partial charge in [-0.3, -0.25) is 0 Å². The Labute approximate surface area is 92.4 Å². The second kappa shape index (κ2) is 4.23. The highest BCUT2D eigenvalue weighted by Gasteiger charge is 2.24. The molecule has 2 N–H and O–H groups in total. The van der Waals surface area contributed by atoms with Gasteiger partial charge in [-0.15, -0.1) is 0 Å². The molecule has 0 radical (unpaired) electrons. The zero-order chi connectivity index (χ0) is 11.6. The summed E-state index contributed by atoms with van der Waals surface area (Å²) in [7, 11) is 1.69. The molecule has 84 valence electrons. The van der Waals surface area contributed by atoms with Gasteiger partial charge in [0, 0.05) is 6.04 Å². The number of benzene rings is 1. The molecule has 1 rings (SSSR count). The second-order valence-electron chi connectivity index (χ2n) is 5.02. The van der Waals surface area contributed by atoms with Gasteiger partial charge >= 0.3 is 0 Å². The molecule has 0 aliphatic carbocycles. The number of ether oxygens (including phenoxy) is 1. The first-order chi connectivity index (χ1) is 6.88. The van der Waals surface area contributed by atoms with Crippen molar-refractivity contribution >= 4 is 0 Å². The first-order valence-corrected chi connectivity index (χ1v) is 5.27. The molecule has 0 aromatic heterocycles. The zero-order valence-electron chi connectivity index (χ0n) is 10.3. The highest BCUT2D eigenvalue weighted by Crippen LogP contribution is 2.34. The van der Waals surface area contributed by atoms with Crippen molar-refractivity contribution < 1.29 is 4.74 Å². The molecule has 2 heteroatoms. The van der Waals surface area contributed by atoms with Gasteiger partial charge in [0.15, 0.2) is 0 Å². The monoisotopic (exact) mass is 207 g/mol. The van der Waals surface area contributed by atoms with Crippen molar-refractivity contribution in [2.75, 3.05) is 7.11 Å². The summed E-state index contributed by atoms with van der Waals surface area (Å²) in [5.74, 6) is 0.909. The maximum atomic E-state index is 6.24. The van der Waals surface area contributed by atoms with E-state index in [-0.39, 0.29) is 11.5 Å². The minimum Gasteiger partial charge on any atom is -0.496 e. The lowest BCUT2D eigenvalue weighted by Crippen LogP contribution is -2.27. The second-order valence-corrected chi connectivity index (χ2v) is 5.02. The van der Waals surface area contributed by atoms with Gasteiger partial charge in [-0.2, -0.15) is 0 Å². The Morgan fingerprint density at radius 1 is 1.27 bits per heavy atom. The minimum atomic E-state index is 0.0348. The van der Waals surface area contributed by atoms with Crippen molar-refractivity contribution in [1.29, 1.82) is 0 Å². The summed E-state index contributed by atoms with van der Waals surface area (Å²) in [4.78, 5) is 0. The number of hydrogen-bond donors (Lipinski definition) is 1. The molecule has 1 atom stereocenters. The molecule has 0 heterocycles. The smallest absolute Gasteiger partial charge is 0.122 e. The van der Waals surface area contributed by atoms with E-state index in [4.69, 9.17) is 10.5 Å². The maximum absolute atomic E-state index is 6.24. The van der Waals surface area contributed by atoms with E-state index < -0.39 is 0 Å². The fourth-order valence-corrected chi connectivity index (χ4v) is 1.66. The average Bonchev–Trinajstić information content (AvgIpc) is 2.16. The molecule has 0 saturated heterocycles. The van der Waals surface area contributed by atoms with Crippen molar-refractivity contribution in [3.8, 4) is 5.75 Å². The van der Waals surface area contributed by atoms with Crippen molar-refractivity contribution in [2.45, 2.75) is 33.7 Å². The van der Waals surface area contributed by atoms with Gasteiger partial charge < -0.3 is 10.5 Å². The summed E-state index contributed by atoms with van der Waals surface area (Å²) in [6.07, 6.45) is 0. The Hall–Kier alpha value is -1.02. The number of hydrogen-bond acceptors (Lipinski definition) is 2. The lowest BCUT2D eigenvalue weighted by atomic mass is 9.81. The molecule has 0 bridgehead atoms. The third kappa shape index (κ3) is 2.51. The highest BCUT2D eigenvalue weighted by atomic mass is 16.5. The van der Waals surface area contributed by atoms with E-state index in [1.54, 1.807) is 7.11 Å². The lowest BCUT2D eigenvalue weighted by Gasteiger charge is -2.29.